The van der Waals surface area contributed by atoms with E-state index in [1.165, 1.54) is 0 Å². The first kappa shape index (κ1) is 26.6. The van der Waals surface area contributed by atoms with Gasteiger partial charge in [0.1, 0.15) is 22.3 Å². The highest BCUT2D eigenvalue weighted by atomic mass is 16.3. The molecule has 3 heterocycles. The Morgan fingerprint density at radius 1 is 0.312 bits per heavy atom. The van der Waals surface area contributed by atoms with E-state index >= 15 is 0 Å². The minimum atomic E-state index is 0.587. The van der Waals surface area contributed by atoms with Crippen LogP contribution in [0.2, 0.25) is 0 Å². The highest BCUT2D eigenvalue weighted by molar-refractivity contribution is 6.21. The van der Waals surface area contributed by atoms with E-state index in [1.54, 1.807) is 0 Å². The van der Waals surface area contributed by atoms with E-state index in [0.29, 0.717) is 17.5 Å². The quantitative estimate of drug-likeness (QED) is 0.197. The van der Waals surface area contributed by atoms with Gasteiger partial charge < -0.3 is 8.83 Å². The Balaban J connectivity index is 1.24. The Morgan fingerprint density at radius 2 is 0.896 bits per heavy atom. The van der Waals surface area contributed by atoms with Crippen molar-refractivity contribution in [3.05, 3.63) is 152 Å². The van der Waals surface area contributed by atoms with Crippen molar-refractivity contribution < 1.29 is 8.83 Å². The van der Waals surface area contributed by atoms with Crippen LogP contribution in [0, 0.1) is 0 Å². The van der Waals surface area contributed by atoms with Gasteiger partial charge in [-0.05, 0) is 40.6 Å². The van der Waals surface area contributed by atoms with E-state index in [-0.39, 0.29) is 0 Å². The summed E-state index contributed by atoms with van der Waals surface area (Å²) in [5, 5.41) is 6.31. The number of aromatic nitrogens is 3. The lowest BCUT2D eigenvalue weighted by molar-refractivity contribution is 0.669. The van der Waals surface area contributed by atoms with Crippen LogP contribution in [0.3, 0.4) is 0 Å². The van der Waals surface area contributed by atoms with Gasteiger partial charge in [-0.2, -0.15) is 0 Å². The molecule has 224 valence electrons. The van der Waals surface area contributed by atoms with E-state index in [1.807, 2.05) is 84.9 Å². The summed E-state index contributed by atoms with van der Waals surface area (Å²) in [4.78, 5) is 15.4. The number of hydrogen-bond acceptors (Lipinski definition) is 5. The summed E-state index contributed by atoms with van der Waals surface area (Å²) in [5.74, 6) is 1.80. The SMILES string of the molecule is c1ccc(-c2nc(-c3cccc4c3ccc3oc5ccccc5c34)nc(-c3cccc4oc5c(-c6ccccc6)cccc5c34)n2)cc1. The van der Waals surface area contributed by atoms with Gasteiger partial charge in [0.2, 0.25) is 0 Å². The average Bonchev–Trinajstić information content (AvgIpc) is 3.74. The smallest absolute Gasteiger partial charge is 0.164 e. The Labute approximate surface area is 274 Å². The van der Waals surface area contributed by atoms with Crippen LogP contribution in [-0.4, -0.2) is 15.0 Å². The maximum Gasteiger partial charge on any atom is 0.164 e. The third-order valence-corrected chi connectivity index (χ3v) is 9.16. The molecular formula is C43H25N3O2. The normalized spacial score (nSPS) is 11.8. The van der Waals surface area contributed by atoms with Crippen molar-refractivity contribution in [1.29, 1.82) is 0 Å². The number of furan rings is 2. The highest BCUT2D eigenvalue weighted by Gasteiger charge is 2.21. The predicted octanol–water partition coefficient (Wildman–Crippen LogP) is 11.5. The first-order chi connectivity index (χ1) is 23.8. The van der Waals surface area contributed by atoms with Crippen LogP contribution >= 0.6 is 0 Å². The molecule has 7 aromatic carbocycles. The van der Waals surface area contributed by atoms with Crippen LogP contribution in [0.4, 0.5) is 0 Å². The van der Waals surface area contributed by atoms with Gasteiger partial charge in [0, 0.05) is 43.8 Å². The van der Waals surface area contributed by atoms with Gasteiger partial charge in [-0.25, -0.2) is 15.0 Å². The molecule has 10 aromatic rings. The van der Waals surface area contributed by atoms with Crippen LogP contribution in [0.15, 0.2) is 160 Å². The van der Waals surface area contributed by atoms with Gasteiger partial charge in [-0.3, -0.25) is 0 Å². The molecule has 0 saturated heterocycles. The van der Waals surface area contributed by atoms with Gasteiger partial charge in [0.25, 0.3) is 0 Å². The molecule has 0 N–H and O–H groups in total. The minimum Gasteiger partial charge on any atom is -0.456 e. The molecule has 0 radical (unpaired) electrons. The number of fused-ring (bicyclic) bond motifs is 8. The molecule has 10 rings (SSSR count). The van der Waals surface area contributed by atoms with Gasteiger partial charge >= 0.3 is 0 Å². The predicted molar refractivity (Wildman–Crippen MR) is 194 cm³/mol. The lowest BCUT2D eigenvalue weighted by Crippen LogP contribution is -2.00. The molecule has 5 heteroatoms. The second kappa shape index (κ2) is 10.5. The summed E-state index contributed by atoms with van der Waals surface area (Å²) < 4.78 is 12.8. The zero-order valence-electron chi connectivity index (χ0n) is 25.6. The van der Waals surface area contributed by atoms with Crippen LogP contribution in [0.25, 0.3) is 99.9 Å². The fourth-order valence-electron chi connectivity index (χ4n) is 6.99. The molecule has 0 aliphatic rings. The molecule has 0 atom stereocenters. The van der Waals surface area contributed by atoms with Crippen molar-refractivity contribution in [3.8, 4) is 45.3 Å². The molecule has 0 amide bonds. The van der Waals surface area contributed by atoms with Crippen LogP contribution in [-0.2, 0) is 0 Å². The van der Waals surface area contributed by atoms with Crippen LogP contribution in [0.1, 0.15) is 0 Å². The zero-order chi connectivity index (χ0) is 31.6. The summed E-state index contributed by atoms with van der Waals surface area (Å²) >= 11 is 0. The van der Waals surface area contributed by atoms with Gasteiger partial charge in [0.15, 0.2) is 17.5 Å². The largest absolute Gasteiger partial charge is 0.456 e. The summed E-state index contributed by atoms with van der Waals surface area (Å²) in [6.45, 7) is 0. The van der Waals surface area contributed by atoms with Crippen molar-refractivity contribution >= 4 is 54.6 Å². The number of rotatable bonds is 4. The van der Waals surface area contributed by atoms with E-state index in [9.17, 15) is 0 Å². The second-order valence-corrected chi connectivity index (χ2v) is 11.9. The third-order valence-electron chi connectivity index (χ3n) is 9.16. The molecule has 0 fully saturated rings. The van der Waals surface area contributed by atoms with E-state index in [2.05, 4.69) is 66.7 Å². The highest BCUT2D eigenvalue weighted by Crippen LogP contribution is 2.41. The molecule has 0 unspecified atom stereocenters. The monoisotopic (exact) mass is 615 g/mol. The lowest BCUT2D eigenvalue weighted by atomic mass is 9.99. The van der Waals surface area contributed by atoms with E-state index in [0.717, 1.165) is 82.5 Å². The number of nitrogens with zero attached hydrogens (tertiary/aromatic N) is 3. The molecule has 0 bridgehead atoms. The summed E-state index contributed by atoms with van der Waals surface area (Å²) in [7, 11) is 0. The van der Waals surface area contributed by atoms with Crippen LogP contribution in [0.5, 0.6) is 0 Å². The second-order valence-electron chi connectivity index (χ2n) is 11.9. The Bertz CT molecular complexity index is 2840. The van der Waals surface area contributed by atoms with E-state index < -0.39 is 0 Å². The summed E-state index contributed by atoms with van der Waals surface area (Å²) in [6, 6.07) is 51.5. The van der Waals surface area contributed by atoms with Crippen molar-refractivity contribution in [1.82, 2.24) is 15.0 Å². The molecule has 5 nitrogen and oxygen atoms in total. The number of benzene rings is 7. The van der Waals surface area contributed by atoms with Crippen molar-refractivity contribution in [2.75, 3.05) is 0 Å². The topological polar surface area (TPSA) is 65.0 Å². The van der Waals surface area contributed by atoms with Gasteiger partial charge in [0.05, 0.1) is 0 Å². The Morgan fingerprint density at radius 3 is 1.73 bits per heavy atom. The number of hydrogen-bond donors (Lipinski definition) is 0. The fourth-order valence-corrected chi connectivity index (χ4v) is 6.99. The Hall–Kier alpha value is -6.59. The first-order valence-electron chi connectivity index (χ1n) is 15.9. The number of para-hydroxylation sites is 2. The van der Waals surface area contributed by atoms with Gasteiger partial charge in [-0.1, -0.05) is 127 Å². The molecule has 0 saturated carbocycles. The fraction of sp³-hybridized carbons (Fsp3) is 0. The van der Waals surface area contributed by atoms with Crippen LogP contribution < -0.4 is 0 Å². The standard InChI is InChI=1S/C43H25N3O2/c1-3-12-26(13-4-1)28-17-9-20-33-39-34(21-11-23-36(39)48-40(28)33)43-45-41(27-14-5-2-6-15-27)44-42(46-43)31-19-10-18-30-29(31)24-25-37-38(30)32-16-7-8-22-35(32)47-37/h1-25H. The zero-order valence-corrected chi connectivity index (χ0v) is 25.6. The summed E-state index contributed by atoms with van der Waals surface area (Å²) in [5.41, 5.74) is 8.24. The molecule has 0 aliphatic carbocycles. The van der Waals surface area contributed by atoms with E-state index in [4.69, 9.17) is 23.8 Å². The summed E-state index contributed by atoms with van der Waals surface area (Å²) in [6.07, 6.45) is 0. The molecule has 3 aromatic heterocycles. The maximum atomic E-state index is 6.58. The molecule has 48 heavy (non-hydrogen) atoms. The van der Waals surface area contributed by atoms with Crippen molar-refractivity contribution in [2.45, 2.75) is 0 Å². The first-order valence-corrected chi connectivity index (χ1v) is 15.9. The van der Waals surface area contributed by atoms with Gasteiger partial charge in [-0.15, -0.1) is 0 Å². The lowest BCUT2D eigenvalue weighted by Gasteiger charge is -2.11. The molecule has 0 aliphatic heterocycles. The molecular weight excluding hydrogens is 590 g/mol. The maximum absolute atomic E-state index is 6.58. The average molecular weight is 616 g/mol. The Kier molecular flexibility index (Phi) is 5.81. The van der Waals surface area contributed by atoms with Crippen molar-refractivity contribution in [2.24, 2.45) is 0 Å². The molecule has 0 spiro atoms. The minimum absolute atomic E-state index is 0.587. The van der Waals surface area contributed by atoms with Crippen molar-refractivity contribution in [3.63, 3.8) is 0 Å². The third kappa shape index (κ3) is 4.08.